The van der Waals surface area contributed by atoms with Gasteiger partial charge in [-0.25, -0.2) is 0 Å². The molecule has 1 aliphatic carbocycles. The Morgan fingerprint density at radius 3 is 2.08 bits per heavy atom. The van der Waals surface area contributed by atoms with E-state index >= 15 is 0 Å². The highest BCUT2D eigenvalue weighted by Crippen LogP contribution is 2.32. The second-order valence-corrected chi connectivity index (χ2v) is 6.67. The maximum atomic E-state index is 12.2. The Kier molecular flexibility index (Phi) is 5.50. The predicted octanol–water partition coefficient (Wildman–Crippen LogP) is 4.57. The third-order valence-corrected chi connectivity index (χ3v) is 4.42. The van der Waals surface area contributed by atoms with Crippen LogP contribution in [0.2, 0.25) is 5.02 Å². The van der Waals surface area contributed by atoms with Crippen LogP contribution >= 0.6 is 11.6 Å². The minimum atomic E-state index is -1.23. The standard InChI is InChI=1S/C21H17ClN2O2/c22-17-9-3-14(4-10-17)1-2-15-5-11-18(12-6-15)24-21(26)19(13-23)20(25)16-7-8-16/h1-6,9-12,16,19H,7-8H2,(H,24,26)/b2-1-. The zero-order chi connectivity index (χ0) is 18.5. The number of nitrogens with one attached hydrogen (secondary N) is 1. The zero-order valence-electron chi connectivity index (χ0n) is 14.0. The van der Waals surface area contributed by atoms with Gasteiger partial charge in [-0.2, -0.15) is 5.26 Å². The lowest BCUT2D eigenvalue weighted by molar-refractivity contribution is -0.129. The van der Waals surface area contributed by atoms with Crippen molar-refractivity contribution in [3.8, 4) is 6.07 Å². The van der Waals surface area contributed by atoms with Gasteiger partial charge in [0.05, 0.1) is 6.07 Å². The number of ketones is 1. The highest BCUT2D eigenvalue weighted by atomic mass is 35.5. The summed E-state index contributed by atoms with van der Waals surface area (Å²) >= 11 is 5.86. The van der Waals surface area contributed by atoms with Gasteiger partial charge < -0.3 is 5.32 Å². The van der Waals surface area contributed by atoms with Gasteiger partial charge in [0.15, 0.2) is 11.7 Å². The van der Waals surface area contributed by atoms with Gasteiger partial charge in [0.25, 0.3) is 0 Å². The average molecular weight is 365 g/mol. The van der Waals surface area contributed by atoms with Crippen LogP contribution in [0.25, 0.3) is 12.2 Å². The molecule has 2 aromatic carbocycles. The Morgan fingerprint density at radius 2 is 1.58 bits per heavy atom. The number of nitriles is 1. The van der Waals surface area contributed by atoms with Crippen LogP contribution in [0.1, 0.15) is 24.0 Å². The highest BCUT2D eigenvalue weighted by Gasteiger charge is 2.38. The van der Waals surface area contributed by atoms with Crippen molar-refractivity contribution in [1.29, 1.82) is 5.26 Å². The molecule has 0 bridgehead atoms. The Balaban J connectivity index is 1.62. The maximum absolute atomic E-state index is 12.2. The number of anilines is 1. The fourth-order valence-corrected chi connectivity index (χ4v) is 2.64. The minimum Gasteiger partial charge on any atom is -0.325 e. The van der Waals surface area contributed by atoms with E-state index in [2.05, 4.69) is 5.32 Å². The molecule has 0 aliphatic heterocycles. The second-order valence-electron chi connectivity index (χ2n) is 6.23. The van der Waals surface area contributed by atoms with E-state index < -0.39 is 11.8 Å². The molecule has 1 atom stereocenters. The SMILES string of the molecule is N#CC(C(=O)Nc1ccc(/C=C\c2ccc(Cl)cc2)cc1)C(=O)C1CC1. The van der Waals surface area contributed by atoms with Crippen molar-refractivity contribution in [3.05, 3.63) is 64.7 Å². The van der Waals surface area contributed by atoms with Crippen molar-refractivity contribution in [2.45, 2.75) is 12.8 Å². The number of hydrogen-bond acceptors (Lipinski definition) is 3. The fraction of sp³-hybridized carbons (Fsp3) is 0.190. The van der Waals surface area contributed by atoms with E-state index in [-0.39, 0.29) is 11.7 Å². The summed E-state index contributed by atoms with van der Waals surface area (Å²) in [4.78, 5) is 24.1. The number of carbonyl (C=O) groups is 2. The van der Waals surface area contributed by atoms with Crippen molar-refractivity contribution in [3.63, 3.8) is 0 Å². The Labute approximate surface area is 157 Å². The number of halogens is 1. The molecule has 0 saturated heterocycles. The molecular weight excluding hydrogens is 348 g/mol. The molecule has 2 aromatic rings. The third-order valence-electron chi connectivity index (χ3n) is 4.17. The molecule has 0 radical (unpaired) electrons. The van der Waals surface area contributed by atoms with E-state index in [0.717, 1.165) is 24.0 Å². The molecule has 3 rings (SSSR count). The number of hydrogen-bond donors (Lipinski definition) is 1. The van der Waals surface area contributed by atoms with Gasteiger partial charge in [0.1, 0.15) is 0 Å². The number of amides is 1. The van der Waals surface area contributed by atoms with Crippen LogP contribution in [0.15, 0.2) is 48.5 Å². The van der Waals surface area contributed by atoms with Crippen LogP contribution in [0.4, 0.5) is 5.69 Å². The fourth-order valence-electron chi connectivity index (χ4n) is 2.51. The summed E-state index contributed by atoms with van der Waals surface area (Å²) in [6.45, 7) is 0. The van der Waals surface area contributed by atoms with Gasteiger partial charge in [-0.3, -0.25) is 9.59 Å². The molecule has 4 nitrogen and oxygen atoms in total. The smallest absolute Gasteiger partial charge is 0.249 e. The van der Waals surface area contributed by atoms with Crippen molar-refractivity contribution < 1.29 is 9.59 Å². The molecular formula is C21H17ClN2O2. The largest absolute Gasteiger partial charge is 0.325 e. The lowest BCUT2D eigenvalue weighted by Crippen LogP contribution is -2.29. The predicted molar refractivity (Wildman–Crippen MR) is 102 cm³/mol. The van der Waals surface area contributed by atoms with Crippen molar-refractivity contribution >= 4 is 41.1 Å². The molecule has 0 spiro atoms. The van der Waals surface area contributed by atoms with Crippen LogP contribution in [0.3, 0.4) is 0 Å². The zero-order valence-corrected chi connectivity index (χ0v) is 14.7. The Bertz CT molecular complexity index is 876. The Morgan fingerprint density at radius 1 is 1.04 bits per heavy atom. The first-order chi connectivity index (χ1) is 12.6. The van der Waals surface area contributed by atoms with Gasteiger partial charge in [-0.15, -0.1) is 0 Å². The van der Waals surface area contributed by atoms with Crippen LogP contribution in [-0.2, 0) is 9.59 Å². The molecule has 1 fully saturated rings. The van der Waals surface area contributed by atoms with E-state index in [4.69, 9.17) is 16.9 Å². The first kappa shape index (κ1) is 17.9. The van der Waals surface area contributed by atoms with Gasteiger partial charge >= 0.3 is 0 Å². The molecule has 1 aliphatic rings. The molecule has 0 aromatic heterocycles. The molecule has 0 heterocycles. The second kappa shape index (κ2) is 7.99. The van der Waals surface area contributed by atoms with Gasteiger partial charge in [0, 0.05) is 16.6 Å². The third kappa shape index (κ3) is 4.59. The van der Waals surface area contributed by atoms with Crippen molar-refractivity contribution in [2.75, 3.05) is 5.32 Å². The summed E-state index contributed by atoms with van der Waals surface area (Å²) in [6, 6.07) is 16.5. The molecule has 26 heavy (non-hydrogen) atoms. The van der Waals surface area contributed by atoms with Crippen molar-refractivity contribution in [1.82, 2.24) is 0 Å². The number of nitrogens with zero attached hydrogens (tertiary/aromatic N) is 1. The minimum absolute atomic E-state index is 0.120. The average Bonchev–Trinajstić information content (AvgIpc) is 3.48. The van der Waals surface area contributed by atoms with E-state index in [1.54, 1.807) is 12.1 Å². The maximum Gasteiger partial charge on any atom is 0.249 e. The monoisotopic (exact) mass is 364 g/mol. The normalized spacial score (nSPS) is 14.6. The summed E-state index contributed by atoms with van der Waals surface area (Å²) in [5.74, 6) is -2.18. The summed E-state index contributed by atoms with van der Waals surface area (Å²) in [6.07, 6.45) is 5.46. The van der Waals surface area contributed by atoms with Gasteiger partial charge in [-0.1, -0.05) is 48.0 Å². The van der Waals surface area contributed by atoms with Crippen LogP contribution in [0.5, 0.6) is 0 Å². The number of rotatable bonds is 6. The molecule has 5 heteroatoms. The number of Topliss-reactive ketones (excluding diaryl/α,β-unsaturated/α-hetero) is 1. The van der Waals surface area contributed by atoms with Gasteiger partial charge in [-0.05, 0) is 48.2 Å². The molecule has 1 unspecified atom stereocenters. The lowest BCUT2D eigenvalue weighted by Gasteiger charge is -2.09. The van der Waals surface area contributed by atoms with Crippen LogP contribution < -0.4 is 5.32 Å². The lowest BCUT2D eigenvalue weighted by atomic mass is 10.0. The van der Waals surface area contributed by atoms with E-state index in [0.29, 0.717) is 10.7 Å². The first-order valence-electron chi connectivity index (χ1n) is 8.35. The molecule has 1 N–H and O–H groups in total. The number of carbonyl (C=O) groups excluding carboxylic acids is 2. The molecule has 130 valence electrons. The van der Waals surface area contributed by atoms with E-state index in [1.807, 2.05) is 54.6 Å². The topological polar surface area (TPSA) is 70.0 Å². The summed E-state index contributed by atoms with van der Waals surface area (Å²) < 4.78 is 0. The van der Waals surface area contributed by atoms with Crippen molar-refractivity contribution in [2.24, 2.45) is 11.8 Å². The molecule has 1 saturated carbocycles. The van der Waals surface area contributed by atoms with Crippen LogP contribution in [-0.4, -0.2) is 11.7 Å². The number of benzene rings is 2. The first-order valence-corrected chi connectivity index (χ1v) is 8.72. The van der Waals surface area contributed by atoms with Crippen LogP contribution in [0, 0.1) is 23.2 Å². The Hall–Kier alpha value is -2.90. The summed E-state index contributed by atoms with van der Waals surface area (Å²) in [7, 11) is 0. The van der Waals surface area contributed by atoms with E-state index in [9.17, 15) is 9.59 Å². The van der Waals surface area contributed by atoms with Gasteiger partial charge in [0.2, 0.25) is 5.91 Å². The highest BCUT2D eigenvalue weighted by molar-refractivity contribution is 6.30. The molecule has 1 amide bonds. The summed E-state index contributed by atoms with van der Waals surface area (Å²) in [5.41, 5.74) is 2.55. The van der Waals surface area contributed by atoms with E-state index in [1.165, 1.54) is 0 Å². The summed E-state index contributed by atoms with van der Waals surface area (Å²) in [5, 5.41) is 12.4. The quantitative estimate of drug-likeness (QED) is 0.603.